The zero-order valence-electron chi connectivity index (χ0n) is 13.8. The van der Waals surface area contributed by atoms with Gasteiger partial charge in [0.25, 0.3) is 0 Å². The Morgan fingerprint density at radius 1 is 1.21 bits per heavy atom. The lowest BCUT2D eigenvalue weighted by atomic mass is 10.1. The zero-order valence-corrected chi connectivity index (χ0v) is 13.8. The number of nitrogens with one attached hydrogen (secondary N) is 2. The summed E-state index contributed by atoms with van der Waals surface area (Å²) in [5.74, 6) is 1.37. The maximum Gasteiger partial charge on any atom is 0.416 e. The molecule has 1 aliphatic rings. The van der Waals surface area contributed by atoms with Gasteiger partial charge in [-0.25, -0.2) is 4.99 Å². The van der Waals surface area contributed by atoms with Gasteiger partial charge >= 0.3 is 6.18 Å². The Morgan fingerprint density at radius 2 is 1.92 bits per heavy atom. The van der Waals surface area contributed by atoms with E-state index in [0.29, 0.717) is 32.2 Å². The fourth-order valence-corrected chi connectivity index (χ4v) is 2.09. The third-order valence-electron chi connectivity index (χ3n) is 3.63. The number of benzene rings is 1. The average molecular weight is 343 g/mol. The van der Waals surface area contributed by atoms with Crippen molar-refractivity contribution in [1.29, 1.82) is 0 Å². The first-order chi connectivity index (χ1) is 11.5. The highest BCUT2D eigenvalue weighted by atomic mass is 19.4. The van der Waals surface area contributed by atoms with Crippen LogP contribution >= 0.6 is 0 Å². The molecule has 0 aliphatic heterocycles. The predicted molar refractivity (Wildman–Crippen MR) is 87.8 cm³/mol. The molecule has 1 aromatic rings. The number of alkyl halides is 3. The highest BCUT2D eigenvalue weighted by molar-refractivity contribution is 5.79. The van der Waals surface area contributed by atoms with Crippen molar-refractivity contribution in [3.05, 3.63) is 35.4 Å². The van der Waals surface area contributed by atoms with Crippen LogP contribution in [0.15, 0.2) is 29.3 Å². The molecule has 7 heteroatoms. The molecule has 0 atom stereocenters. The van der Waals surface area contributed by atoms with Crippen molar-refractivity contribution in [2.24, 2.45) is 10.9 Å². The largest absolute Gasteiger partial charge is 0.416 e. The van der Waals surface area contributed by atoms with Crippen LogP contribution in [0, 0.1) is 5.92 Å². The van der Waals surface area contributed by atoms with Crippen molar-refractivity contribution < 1.29 is 17.9 Å². The van der Waals surface area contributed by atoms with Gasteiger partial charge in [0, 0.05) is 19.7 Å². The third-order valence-corrected chi connectivity index (χ3v) is 3.63. The molecule has 0 amide bonds. The number of rotatable bonds is 8. The molecule has 2 rings (SSSR count). The number of aliphatic imine (C=N–C) groups is 1. The van der Waals surface area contributed by atoms with E-state index in [2.05, 4.69) is 15.6 Å². The number of guanidine groups is 1. The zero-order chi connectivity index (χ0) is 17.4. The van der Waals surface area contributed by atoms with Crippen molar-refractivity contribution in [2.75, 3.05) is 26.3 Å². The smallest absolute Gasteiger partial charge is 0.379 e. The summed E-state index contributed by atoms with van der Waals surface area (Å²) in [6, 6.07) is 5.07. The summed E-state index contributed by atoms with van der Waals surface area (Å²) in [5.41, 5.74) is 0.0817. The summed E-state index contributed by atoms with van der Waals surface area (Å²) in [7, 11) is 0. The van der Waals surface area contributed by atoms with Crippen LogP contribution in [0.25, 0.3) is 0 Å². The lowest BCUT2D eigenvalue weighted by Crippen LogP contribution is -2.39. The second-order valence-corrected chi connectivity index (χ2v) is 5.83. The first-order valence-electron chi connectivity index (χ1n) is 8.25. The molecule has 1 aliphatic carbocycles. The van der Waals surface area contributed by atoms with Crippen molar-refractivity contribution in [2.45, 2.75) is 32.5 Å². The molecule has 1 saturated carbocycles. The van der Waals surface area contributed by atoms with E-state index in [-0.39, 0.29) is 0 Å². The summed E-state index contributed by atoms with van der Waals surface area (Å²) >= 11 is 0. The maximum absolute atomic E-state index is 12.5. The predicted octanol–water partition coefficient (Wildman–Crippen LogP) is 3.19. The van der Waals surface area contributed by atoms with E-state index in [4.69, 9.17) is 4.74 Å². The van der Waals surface area contributed by atoms with Gasteiger partial charge < -0.3 is 15.4 Å². The molecule has 0 unspecified atom stereocenters. The molecule has 0 spiro atoms. The number of ether oxygens (including phenoxy) is 1. The summed E-state index contributed by atoms with van der Waals surface area (Å²) in [5, 5.41) is 6.26. The molecule has 1 aromatic carbocycles. The summed E-state index contributed by atoms with van der Waals surface area (Å²) < 4.78 is 43.1. The van der Waals surface area contributed by atoms with Gasteiger partial charge in [-0.2, -0.15) is 13.2 Å². The van der Waals surface area contributed by atoms with E-state index >= 15 is 0 Å². The molecule has 0 aromatic heterocycles. The van der Waals surface area contributed by atoms with Gasteiger partial charge in [0.15, 0.2) is 5.96 Å². The number of hydrogen-bond donors (Lipinski definition) is 2. The normalized spacial score (nSPS) is 15.4. The fourth-order valence-electron chi connectivity index (χ4n) is 2.09. The van der Waals surface area contributed by atoms with Gasteiger partial charge in [-0.1, -0.05) is 12.1 Å². The van der Waals surface area contributed by atoms with E-state index in [0.717, 1.165) is 30.2 Å². The van der Waals surface area contributed by atoms with Crippen LogP contribution < -0.4 is 10.6 Å². The Hall–Kier alpha value is -1.76. The molecule has 0 bridgehead atoms. The van der Waals surface area contributed by atoms with Crippen LogP contribution in [0.1, 0.15) is 30.9 Å². The first kappa shape index (κ1) is 18.6. The van der Waals surface area contributed by atoms with Gasteiger partial charge in [-0.3, -0.25) is 0 Å². The lowest BCUT2D eigenvalue weighted by molar-refractivity contribution is -0.137. The maximum atomic E-state index is 12.5. The van der Waals surface area contributed by atoms with E-state index < -0.39 is 11.7 Å². The first-order valence-corrected chi connectivity index (χ1v) is 8.25. The van der Waals surface area contributed by atoms with Crippen molar-refractivity contribution >= 4 is 5.96 Å². The van der Waals surface area contributed by atoms with Crippen LogP contribution in [0.3, 0.4) is 0 Å². The molecule has 0 heterocycles. The second kappa shape index (κ2) is 8.92. The Bertz CT molecular complexity index is 525. The average Bonchev–Trinajstić information content (AvgIpc) is 3.36. The Labute approximate surface area is 140 Å². The SMILES string of the molecule is CCNC(=NCc1ccc(C(F)(F)F)cc1)NCCOCC1CC1. The van der Waals surface area contributed by atoms with Crippen molar-refractivity contribution in [1.82, 2.24) is 10.6 Å². The third kappa shape index (κ3) is 6.78. The van der Waals surface area contributed by atoms with Gasteiger partial charge in [0.1, 0.15) is 0 Å². The Morgan fingerprint density at radius 3 is 2.50 bits per heavy atom. The second-order valence-electron chi connectivity index (χ2n) is 5.83. The minimum absolute atomic E-state index is 0.316. The monoisotopic (exact) mass is 343 g/mol. The van der Waals surface area contributed by atoms with Crippen molar-refractivity contribution in [3.8, 4) is 0 Å². The van der Waals surface area contributed by atoms with E-state index in [1.165, 1.54) is 25.0 Å². The molecular formula is C17H24F3N3O. The van der Waals surface area contributed by atoms with E-state index in [1.807, 2.05) is 6.92 Å². The number of nitrogens with zero attached hydrogens (tertiary/aromatic N) is 1. The van der Waals surface area contributed by atoms with Crippen LogP contribution in [-0.2, 0) is 17.5 Å². The molecule has 0 saturated heterocycles. The minimum atomic E-state index is -4.31. The summed E-state index contributed by atoms with van der Waals surface area (Å²) in [6.07, 6.45) is -1.77. The van der Waals surface area contributed by atoms with Crippen LogP contribution in [0.2, 0.25) is 0 Å². The summed E-state index contributed by atoms with van der Waals surface area (Å²) in [4.78, 5) is 4.38. The molecule has 4 nitrogen and oxygen atoms in total. The van der Waals surface area contributed by atoms with Gasteiger partial charge in [0.2, 0.25) is 0 Å². The quantitative estimate of drug-likeness (QED) is 0.433. The van der Waals surface area contributed by atoms with Crippen molar-refractivity contribution in [3.63, 3.8) is 0 Å². The van der Waals surface area contributed by atoms with E-state index in [9.17, 15) is 13.2 Å². The Balaban J connectivity index is 1.78. The standard InChI is InChI=1S/C17H24F3N3O/c1-2-21-16(22-9-10-24-12-14-3-4-14)23-11-13-5-7-15(8-6-13)17(18,19)20/h5-8,14H,2-4,9-12H2,1H3,(H2,21,22,23). The van der Waals surface area contributed by atoms with Crippen LogP contribution in [-0.4, -0.2) is 32.3 Å². The van der Waals surface area contributed by atoms with Gasteiger partial charge in [-0.15, -0.1) is 0 Å². The molecule has 2 N–H and O–H groups in total. The van der Waals surface area contributed by atoms with Gasteiger partial charge in [-0.05, 0) is 43.4 Å². The lowest BCUT2D eigenvalue weighted by Gasteiger charge is -2.12. The highest BCUT2D eigenvalue weighted by Gasteiger charge is 2.29. The Kier molecular flexibility index (Phi) is 6.90. The molecule has 134 valence electrons. The number of hydrogen-bond acceptors (Lipinski definition) is 2. The molecule has 0 radical (unpaired) electrons. The highest BCUT2D eigenvalue weighted by Crippen LogP contribution is 2.29. The topological polar surface area (TPSA) is 45.7 Å². The minimum Gasteiger partial charge on any atom is -0.379 e. The summed E-state index contributed by atoms with van der Waals surface area (Å²) in [6.45, 7) is 5.06. The molecular weight excluding hydrogens is 319 g/mol. The van der Waals surface area contributed by atoms with Crippen LogP contribution in [0.5, 0.6) is 0 Å². The van der Waals surface area contributed by atoms with Gasteiger partial charge in [0.05, 0.1) is 18.7 Å². The number of halogens is 3. The van der Waals surface area contributed by atoms with Crippen LogP contribution in [0.4, 0.5) is 13.2 Å². The molecule has 24 heavy (non-hydrogen) atoms. The fraction of sp³-hybridized carbons (Fsp3) is 0.588. The molecule has 1 fully saturated rings. The van der Waals surface area contributed by atoms with E-state index in [1.54, 1.807) is 0 Å².